The smallest absolute Gasteiger partial charge is 0.225 e. The molecule has 0 aromatic carbocycles. The normalized spacial score (nSPS) is 20.3. The van der Waals surface area contributed by atoms with E-state index in [1.165, 1.54) is 19.4 Å². The predicted molar refractivity (Wildman–Crippen MR) is 71.9 cm³/mol. The minimum atomic E-state index is 0.133. The molecule has 1 aliphatic heterocycles. The third-order valence-corrected chi connectivity index (χ3v) is 3.15. The van der Waals surface area contributed by atoms with Gasteiger partial charge in [-0.25, -0.2) is 4.98 Å². The summed E-state index contributed by atoms with van der Waals surface area (Å²) in [6, 6.07) is 2.37. The molecule has 0 amide bonds. The lowest BCUT2D eigenvalue weighted by molar-refractivity contribution is 0.232. The minimum Gasteiger partial charge on any atom is -0.475 e. The molecule has 0 bridgehead atoms. The van der Waals surface area contributed by atoms with E-state index in [0.717, 1.165) is 6.54 Å². The Balaban J connectivity index is 1.88. The second kappa shape index (κ2) is 6.00. The van der Waals surface area contributed by atoms with E-state index in [1.807, 2.05) is 13.8 Å². The van der Waals surface area contributed by atoms with E-state index in [9.17, 15) is 0 Å². The maximum absolute atomic E-state index is 5.55. The number of likely N-dealkylation sites (tertiary alicyclic amines) is 1. The fourth-order valence-corrected chi connectivity index (χ4v) is 2.18. The Labute approximate surface area is 109 Å². The fraction of sp³-hybridized carbons (Fsp3) is 0.692. The van der Waals surface area contributed by atoms with Crippen molar-refractivity contribution < 1.29 is 4.74 Å². The summed E-state index contributed by atoms with van der Waals surface area (Å²) in [5.74, 6) is 1.27. The van der Waals surface area contributed by atoms with E-state index in [-0.39, 0.29) is 6.10 Å². The molecular formula is C13H22N4O. The Morgan fingerprint density at radius 2 is 2.39 bits per heavy atom. The second-order valence-electron chi connectivity index (χ2n) is 5.04. The van der Waals surface area contributed by atoms with E-state index in [2.05, 4.69) is 27.2 Å². The first-order valence-corrected chi connectivity index (χ1v) is 6.59. The number of ether oxygens (including phenoxy) is 1. The summed E-state index contributed by atoms with van der Waals surface area (Å²) in [6.07, 6.45) is 4.38. The molecule has 1 aliphatic rings. The van der Waals surface area contributed by atoms with Gasteiger partial charge < -0.3 is 15.0 Å². The maximum atomic E-state index is 5.55. The van der Waals surface area contributed by atoms with Crippen LogP contribution in [0.4, 0.5) is 5.95 Å². The molecule has 1 atom stereocenters. The van der Waals surface area contributed by atoms with Crippen LogP contribution in [0.2, 0.25) is 0 Å². The Morgan fingerprint density at radius 1 is 1.56 bits per heavy atom. The van der Waals surface area contributed by atoms with Crippen LogP contribution < -0.4 is 10.1 Å². The molecule has 2 heterocycles. The zero-order chi connectivity index (χ0) is 13.0. The van der Waals surface area contributed by atoms with E-state index >= 15 is 0 Å². The summed E-state index contributed by atoms with van der Waals surface area (Å²) >= 11 is 0. The number of rotatable bonds is 5. The Bertz CT molecular complexity index is 383. The highest BCUT2D eigenvalue weighted by Crippen LogP contribution is 2.15. The first-order chi connectivity index (χ1) is 8.65. The number of hydrogen-bond acceptors (Lipinski definition) is 5. The molecule has 1 saturated heterocycles. The highest BCUT2D eigenvalue weighted by Gasteiger charge is 2.20. The monoisotopic (exact) mass is 250 g/mol. The SMILES string of the molecule is CC(C)Oc1ccnc(NCC2CCCN2C)n1. The van der Waals surface area contributed by atoms with E-state index in [4.69, 9.17) is 4.74 Å². The van der Waals surface area contributed by atoms with Crippen molar-refractivity contribution in [3.63, 3.8) is 0 Å². The van der Waals surface area contributed by atoms with E-state index in [1.54, 1.807) is 12.3 Å². The van der Waals surface area contributed by atoms with Gasteiger partial charge >= 0.3 is 0 Å². The van der Waals surface area contributed by atoms with Crippen LogP contribution in [0.15, 0.2) is 12.3 Å². The molecule has 0 spiro atoms. The Morgan fingerprint density at radius 3 is 3.06 bits per heavy atom. The average Bonchev–Trinajstić information content (AvgIpc) is 2.72. The standard InChI is InChI=1S/C13H22N4O/c1-10(2)18-12-6-7-14-13(16-12)15-9-11-5-4-8-17(11)3/h6-7,10-11H,4-5,8-9H2,1-3H3,(H,14,15,16). The van der Waals surface area contributed by atoms with Crippen LogP contribution in [-0.4, -0.2) is 47.2 Å². The van der Waals surface area contributed by atoms with Gasteiger partial charge in [-0.3, -0.25) is 0 Å². The number of likely N-dealkylation sites (N-methyl/N-ethyl adjacent to an activating group) is 1. The van der Waals surface area contributed by atoms with Gasteiger partial charge in [-0.1, -0.05) is 0 Å². The van der Waals surface area contributed by atoms with Gasteiger partial charge in [0, 0.05) is 24.8 Å². The molecule has 1 N–H and O–H groups in total. The molecule has 1 aromatic rings. The van der Waals surface area contributed by atoms with Crippen LogP contribution in [0.3, 0.4) is 0 Å². The molecule has 0 aliphatic carbocycles. The van der Waals surface area contributed by atoms with Crippen LogP contribution in [-0.2, 0) is 0 Å². The molecule has 18 heavy (non-hydrogen) atoms. The van der Waals surface area contributed by atoms with Crippen molar-refractivity contribution in [3.8, 4) is 5.88 Å². The number of aromatic nitrogens is 2. The summed E-state index contributed by atoms with van der Waals surface area (Å²) in [4.78, 5) is 10.9. The molecular weight excluding hydrogens is 228 g/mol. The highest BCUT2D eigenvalue weighted by atomic mass is 16.5. The van der Waals surface area contributed by atoms with Gasteiger partial charge in [0.05, 0.1) is 6.10 Å². The lowest BCUT2D eigenvalue weighted by Gasteiger charge is -2.19. The van der Waals surface area contributed by atoms with Gasteiger partial charge in [0.15, 0.2) is 0 Å². The topological polar surface area (TPSA) is 50.3 Å². The third-order valence-electron chi connectivity index (χ3n) is 3.15. The predicted octanol–water partition coefficient (Wildman–Crippen LogP) is 1.77. The molecule has 1 fully saturated rings. The summed E-state index contributed by atoms with van der Waals surface area (Å²) in [7, 11) is 2.17. The number of anilines is 1. The van der Waals surface area contributed by atoms with Gasteiger partial charge in [-0.05, 0) is 40.3 Å². The summed E-state index contributed by atoms with van der Waals surface area (Å²) in [5.41, 5.74) is 0. The highest BCUT2D eigenvalue weighted by molar-refractivity contribution is 5.27. The van der Waals surface area contributed by atoms with Gasteiger partial charge in [-0.15, -0.1) is 0 Å². The quantitative estimate of drug-likeness (QED) is 0.863. The lowest BCUT2D eigenvalue weighted by atomic mass is 10.2. The largest absolute Gasteiger partial charge is 0.475 e. The van der Waals surface area contributed by atoms with Crippen molar-refractivity contribution in [1.82, 2.24) is 14.9 Å². The number of hydrogen-bond donors (Lipinski definition) is 1. The Hall–Kier alpha value is -1.36. The second-order valence-corrected chi connectivity index (χ2v) is 5.04. The molecule has 100 valence electrons. The van der Waals surface area contributed by atoms with Gasteiger partial charge in [-0.2, -0.15) is 4.98 Å². The zero-order valence-electron chi connectivity index (χ0n) is 11.4. The molecule has 0 saturated carbocycles. The van der Waals surface area contributed by atoms with Crippen LogP contribution in [0, 0.1) is 0 Å². The molecule has 2 rings (SSSR count). The van der Waals surface area contributed by atoms with Crippen molar-refractivity contribution in [2.45, 2.75) is 38.8 Å². The van der Waals surface area contributed by atoms with Gasteiger partial charge in [0.2, 0.25) is 11.8 Å². The van der Waals surface area contributed by atoms with Crippen LogP contribution >= 0.6 is 0 Å². The first kappa shape index (κ1) is 13.1. The van der Waals surface area contributed by atoms with Crippen molar-refractivity contribution in [2.75, 3.05) is 25.5 Å². The molecule has 1 unspecified atom stereocenters. The third kappa shape index (κ3) is 3.57. The molecule has 5 nitrogen and oxygen atoms in total. The number of nitrogens with zero attached hydrogens (tertiary/aromatic N) is 3. The molecule has 0 radical (unpaired) electrons. The van der Waals surface area contributed by atoms with Crippen molar-refractivity contribution in [1.29, 1.82) is 0 Å². The maximum Gasteiger partial charge on any atom is 0.225 e. The lowest BCUT2D eigenvalue weighted by Crippen LogP contribution is -2.31. The average molecular weight is 250 g/mol. The Kier molecular flexibility index (Phi) is 4.36. The molecule has 1 aromatic heterocycles. The van der Waals surface area contributed by atoms with Crippen LogP contribution in [0.25, 0.3) is 0 Å². The van der Waals surface area contributed by atoms with Crippen molar-refractivity contribution >= 4 is 5.95 Å². The van der Waals surface area contributed by atoms with Crippen LogP contribution in [0.5, 0.6) is 5.88 Å². The van der Waals surface area contributed by atoms with Gasteiger partial charge in [0.1, 0.15) is 0 Å². The summed E-state index contributed by atoms with van der Waals surface area (Å²) in [6.45, 7) is 6.05. The fourth-order valence-electron chi connectivity index (χ4n) is 2.18. The molecule has 5 heteroatoms. The first-order valence-electron chi connectivity index (χ1n) is 6.59. The summed E-state index contributed by atoms with van der Waals surface area (Å²) < 4.78 is 5.55. The zero-order valence-corrected chi connectivity index (χ0v) is 11.4. The number of nitrogens with one attached hydrogen (secondary N) is 1. The van der Waals surface area contributed by atoms with Crippen molar-refractivity contribution in [2.24, 2.45) is 0 Å². The summed E-state index contributed by atoms with van der Waals surface area (Å²) in [5, 5.41) is 3.29. The van der Waals surface area contributed by atoms with E-state index in [0.29, 0.717) is 17.9 Å². The van der Waals surface area contributed by atoms with Crippen LogP contribution in [0.1, 0.15) is 26.7 Å². The van der Waals surface area contributed by atoms with Crippen molar-refractivity contribution in [3.05, 3.63) is 12.3 Å². The van der Waals surface area contributed by atoms with E-state index < -0.39 is 0 Å². The minimum absolute atomic E-state index is 0.133. The van der Waals surface area contributed by atoms with Gasteiger partial charge in [0.25, 0.3) is 0 Å².